The van der Waals surface area contributed by atoms with Crippen molar-refractivity contribution in [3.8, 4) is 0 Å². The SMILES string of the molecule is Cc1cc(C(=O)N2CC[C@H](CO)C2)ns1. The number of carbonyl (C=O) groups excluding carboxylic acids is 1. The number of nitrogens with zero attached hydrogens (tertiary/aromatic N) is 2. The molecule has 0 bridgehead atoms. The van der Waals surface area contributed by atoms with Crippen molar-refractivity contribution >= 4 is 17.4 Å². The van der Waals surface area contributed by atoms with E-state index >= 15 is 0 Å². The summed E-state index contributed by atoms with van der Waals surface area (Å²) in [4.78, 5) is 14.7. The number of aliphatic hydroxyl groups is 1. The molecule has 4 nitrogen and oxygen atoms in total. The molecule has 1 amide bonds. The molecule has 1 atom stereocenters. The Balaban J connectivity index is 2.03. The van der Waals surface area contributed by atoms with Crippen molar-refractivity contribution in [2.75, 3.05) is 19.7 Å². The monoisotopic (exact) mass is 226 g/mol. The average Bonchev–Trinajstić information content (AvgIpc) is 2.84. The first-order valence-corrected chi connectivity index (χ1v) is 5.81. The van der Waals surface area contributed by atoms with E-state index in [2.05, 4.69) is 4.37 Å². The Kier molecular flexibility index (Phi) is 3.02. The van der Waals surface area contributed by atoms with Gasteiger partial charge in [-0.25, -0.2) is 0 Å². The smallest absolute Gasteiger partial charge is 0.273 e. The fraction of sp³-hybridized carbons (Fsp3) is 0.600. The van der Waals surface area contributed by atoms with E-state index in [1.165, 1.54) is 11.5 Å². The number of aliphatic hydroxyl groups excluding tert-OH is 1. The molecule has 0 unspecified atom stereocenters. The number of hydrogen-bond donors (Lipinski definition) is 1. The molecule has 1 aliphatic heterocycles. The van der Waals surface area contributed by atoms with Gasteiger partial charge < -0.3 is 10.0 Å². The zero-order chi connectivity index (χ0) is 10.8. The second-order valence-corrected chi connectivity index (χ2v) is 4.92. The summed E-state index contributed by atoms with van der Waals surface area (Å²) in [5.41, 5.74) is 0.538. The highest BCUT2D eigenvalue weighted by atomic mass is 32.1. The van der Waals surface area contributed by atoms with Gasteiger partial charge in [-0.1, -0.05) is 0 Å². The summed E-state index contributed by atoms with van der Waals surface area (Å²) in [6, 6.07) is 1.82. The third kappa shape index (κ3) is 2.18. The molecule has 0 saturated carbocycles. The van der Waals surface area contributed by atoms with Crippen LogP contribution in [-0.2, 0) is 0 Å². The van der Waals surface area contributed by atoms with Gasteiger partial charge in [-0.05, 0) is 30.9 Å². The normalized spacial score (nSPS) is 20.9. The molecule has 0 aliphatic carbocycles. The van der Waals surface area contributed by atoms with Crippen LogP contribution in [0.15, 0.2) is 6.07 Å². The van der Waals surface area contributed by atoms with Crippen molar-refractivity contribution in [3.05, 3.63) is 16.6 Å². The van der Waals surface area contributed by atoms with Gasteiger partial charge in [0.15, 0.2) is 0 Å². The number of likely N-dealkylation sites (tertiary alicyclic amines) is 1. The first-order valence-electron chi connectivity index (χ1n) is 5.04. The second kappa shape index (κ2) is 4.28. The average molecular weight is 226 g/mol. The zero-order valence-corrected chi connectivity index (χ0v) is 9.46. The minimum Gasteiger partial charge on any atom is -0.396 e. The van der Waals surface area contributed by atoms with Crippen LogP contribution in [0.4, 0.5) is 0 Å². The minimum absolute atomic E-state index is 0.00435. The molecule has 1 aromatic heterocycles. The molecule has 82 valence electrons. The molecule has 1 fully saturated rings. The first-order chi connectivity index (χ1) is 7.20. The van der Waals surface area contributed by atoms with E-state index in [0.29, 0.717) is 12.2 Å². The van der Waals surface area contributed by atoms with Crippen LogP contribution < -0.4 is 0 Å². The first kappa shape index (κ1) is 10.6. The molecule has 15 heavy (non-hydrogen) atoms. The summed E-state index contributed by atoms with van der Waals surface area (Å²) >= 11 is 1.35. The predicted molar refractivity (Wildman–Crippen MR) is 57.9 cm³/mol. The van der Waals surface area contributed by atoms with Gasteiger partial charge in [0.1, 0.15) is 5.69 Å². The number of aromatic nitrogens is 1. The molecule has 1 aromatic rings. The Bertz CT molecular complexity index is 364. The van der Waals surface area contributed by atoms with Crippen LogP contribution in [0.25, 0.3) is 0 Å². The Morgan fingerprint density at radius 1 is 1.80 bits per heavy atom. The maximum atomic E-state index is 11.9. The van der Waals surface area contributed by atoms with Crippen LogP contribution in [0.2, 0.25) is 0 Å². The molecular formula is C10H14N2O2S. The van der Waals surface area contributed by atoms with Crippen molar-refractivity contribution in [2.45, 2.75) is 13.3 Å². The Labute approximate surface area is 92.7 Å². The van der Waals surface area contributed by atoms with Crippen LogP contribution >= 0.6 is 11.5 Å². The standard InChI is InChI=1S/C10H14N2O2S/c1-7-4-9(11-15-7)10(14)12-3-2-8(5-12)6-13/h4,8,13H,2-3,5-6H2,1H3/t8-/m0/s1. The summed E-state index contributed by atoms with van der Waals surface area (Å²) in [5.74, 6) is 0.240. The number of amides is 1. The minimum atomic E-state index is -0.00435. The van der Waals surface area contributed by atoms with Gasteiger partial charge >= 0.3 is 0 Å². The van der Waals surface area contributed by atoms with E-state index in [-0.39, 0.29) is 18.4 Å². The van der Waals surface area contributed by atoms with E-state index in [4.69, 9.17) is 5.11 Å². The summed E-state index contributed by atoms with van der Waals surface area (Å²) in [5, 5.41) is 8.99. The Hall–Kier alpha value is -0.940. The second-order valence-electron chi connectivity index (χ2n) is 3.91. The summed E-state index contributed by atoms with van der Waals surface area (Å²) < 4.78 is 4.10. The van der Waals surface area contributed by atoms with Crippen molar-refractivity contribution in [2.24, 2.45) is 5.92 Å². The lowest BCUT2D eigenvalue weighted by Crippen LogP contribution is -2.29. The lowest BCUT2D eigenvalue weighted by atomic mass is 10.1. The predicted octanol–water partition coefficient (Wildman–Crippen LogP) is 0.906. The fourth-order valence-corrected chi connectivity index (χ4v) is 2.33. The third-order valence-corrected chi connectivity index (χ3v) is 3.37. The molecule has 1 saturated heterocycles. The topological polar surface area (TPSA) is 53.4 Å². The van der Waals surface area contributed by atoms with E-state index < -0.39 is 0 Å². The molecule has 1 aliphatic rings. The highest BCUT2D eigenvalue weighted by Crippen LogP contribution is 2.18. The van der Waals surface area contributed by atoms with Crippen molar-refractivity contribution < 1.29 is 9.90 Å². The number of hydrogen-bond acceptors (Lipinski definition) is 4. The van der Waals surface area contributed by atoms with Crippen molar-refractivity contribution in [1.82, 2.24) is 9.27 Å². The van der Waals surface area contributed by atoms with Crippen LogP contribution in [0.3, 0.4) is 0 Å². The lowest BCUT2D eigenvalue weighted by molar-refractivity contribution is 0.0777. The van der Waals surface area contributed by atoms with Crippen LogP contribution in [-0.4, -0.2) is 40.0 Å². The highest BCUT2D eigenvalue weighted by molar-refractivity contribution is 7.05. The number of rotatable bonds is 2. The molecule has 0 aromatic carbocycles. The van der Waals surface area contributed by atoms with Gasteiger partial charge in [0, 0.05) is 30.5 Å². The highest BCUT2D eigenvalue weighted by Gasteiger charge is 2.27. The molecule has 1 N–H and O–H groups in total. The maximum absolute atomic E-state index is 11.9. The van der Waals surface area contributed by atoms with Crippen molar-refractivity contribution in [1.29, 1.82) is 0 Å². The fourth-order valence-electron chi connectivity index (χ4n) is 1.80. The van der Waals surface area contributed by atoms with E-state index in [1.54, 1.807) is 4.90 Å². The van der Waals surface area contributed by atoms with Crippen LogP contribution in [0.5, 0.6) is 0 Å². The Morgan fingerprint density at radius 3 is 3.13 bits per heavy atom. The maximum Gasteiger partial charge on any atom is 0.273 e. The summed E-state index contributed by atoms with van der Waals surface area (Å²) in [6.45, 7) is 3.50. The van der Waals surface area contributed by atoms with Crippen LogP contribution in [0.1, 0.15) is 21.8 Å². The molecule has 0 spiro atoms. The van der Waals surface area contributed by atoms with Gasteiger partial charge in [0.25, 0.3) is 5.91 Å². The van der Waals surface area contributed by atoms with Gasteiger partial charge in [-0.3, -0.25) is 4.79 Å². The molecule has 0 radical (unpaired) electrons. The molecule has 2 rings (SSSR count). The zero-order valence-electron chi connectivity index (χ0n) is 8.64. The molecule has 2 heterocycles. The van der Waals surface area contributed by atoms with Crippen molar-refractivity contribution in [3.63, 3.8) is 0 Å². The molecule has 5 heteroatoms. The largest absolute Gasteiger partial charge is 0.396 e. The van der Waals surface area contributed by atoms with Gasteiger partial charge in [-0.15, -0.1) is 0 Å². The van der Waals surface area contributed by atoms with E-state index in [0.717, 1.165) is 17.8 Å². The number of aryl methyl sites for hydroxylation is 1. The van der Waals surface area contributed by atoms with Gasteiger partial charge in [-0.2, -0.15) is 4.37 Å². The van der Waals surface area contributed by atoms with E-state index in [9.17, 15) is 4.79 Å². The van der Waals surface area contributed by atoms with E-state index in [1.807, 2.05) is 13.0 Å². The Morgan fingerprint density at radius 2 is 2.60 bits per heavy atom. The quantitative estimate of drug-likeness (QED) is 0.815. The summed E-state index contributed by atoms with van der Waals surface area (Å²) in [7, 11) is 0. The van der Waals surface area contributed by atoms with Gasteiger partial charge in [0.2, 0.25) is 0 Å². The molecular weight excluding hydrogens is 212 g/mol. The lowest BCUT2D eigenvalue weighted by Gasteiger charge is -2.14. The third-order valence-electron chi connectivity index (χ3n) is 2.68. The van der Waals surface area contributed by atoms with Gasteiger partial charge in [0.05, 0.1) is 0 Å². The summed E-state index contributed by atoms with van der Waals surface area (Å²) in [6.07, 6.45) is 0.894. The van der Waals surface area contributed by atoms with Crippen LogP contribution in [0, 0.1) is 12.8 Å². The number of carbonyl (C=O) groups is 1.